The van der Waals surface area contributed by atoms with Gasteiger partial charge in [0.1, 0.15) is 5.56 Å². The van der Waals surface area contributed by atoms with E-state index in [1.165, 1.54) is 0 Å². The summed E-state index contributed by atoms with van der Waals surface area (Å²) in [6, 6.07) is 7.28. The van der Waals surface area contributed by atoms with Crippen LogP contribution in [0.1, 0.15) is 26.3 Å². The smallest absolute Gasteiger partial charge is 0.341 e. The first kappa shape index (κ1) is 16.8. The lowest BCUT2D eigenvalue weighted by molar-refractivity contribution is -0.136. The Hall–Kier alpha value is -3.09. The monoisotopic (exact) mass is 341 g/mol. The van der Waals surface area contributed by atoms with Crippen molar-refractivity contribution in [1.29, 1.82) is 0 Å². The molecule has 0 bridgehead atoms. The van der Waals surface area contributed by atoms with Crippen LogP contribution in [0, 0.1) is 0 Å². The molecule has 2 aromatic rings. The molecule has 25 heavy (non-hydrogen) atoms. The number of para-hydroxylation sites is 1. The third kappa shape index (κ3) is 3.26. The maximum Gasteiger partial charge on any atom is 0.341 e. The fourth-order valence-corrected chi connectivity index (χ4v) is 2.58. The summed E-state index contributed by atoms with van der Waals surface area (Å²) in [5, 5.41) is 6.54. The van der Waals surface area contributed by atoms with Gasteiger partial charge in [-0.25, -0.2) is 9.79 Å². The second-order valence-electron chi connectivity index (χ2n) is 5.74. The number of ether oxygens (including phenoxy) is 2. The molecule has 0 amide bonds. The fraction of sp³-hybridized carbons (Fsp3) is 0.278. The lowest BCUT2D eigenvalue weighted by Crippen LogP contribution is -2.25. The molecule has 7 heteroatoms. The maximum absolute atomic E-state index is 12.4. The molecule has 1 aromatic heterocycles. The topological polar surface area (TPSA) is 96.5 Å². The molecule has 0 radical (unpaired) electrons. The third-order valence-corrected chi connectivity index (χ3v) is 3.56. The molecule has 0 saturated heterocycles. The van der Waals surface area contributed by atoms with Crippen LogP contribution < -0.4 is 20.9 Å². The van der Waals surface area contributed by atoms with E-state index in [0.29, 0.717) is 27.7 Å². The van der Waals surface area contributed by atoms with E-state index in [1.807, 2.05) is 32.0 Å². The Balaban J connectivity index is 2.16. The van der Waals surface area contributed by atoms with Gasteiger partial charge in [0.15, 0.2) is 0 Å². The number of H-pyrrole nitrogens is 2. The number of hydrogen-bond donors (Lipinski definition) is 2. The van der Waals surface area contributed by atoms with Gasteiger partial charge in [0.05, 0.1) is 29.3 Å². The Morgan fingerprint density at radius 2 is 2.04 bits per heavy atom. The van der Waals surface area contributed by atoms with Crippen molar-refractivity contribution in [1.82, 2.24) is 10.2 Å². The summed E-state index contributed by atoms with van der Waals surface area (Å²) >= 11 is 0. The molecular weight excluding hydrogens is 322 g/mol. The van der Waals surface area contributed by atoms with Gasteiger partial charge in [-0.1, -0.05) is 18.2 Å². The zero-order valence-corrected chi connectivity index (χ0v) is 14.3. The molecule has 3 rings (SSSR count). The van der Waals surface area contributed by atoms with Gasteiger partial charge in [-0.05, 0) is 32.9 Å². The van der Waals surface area contributed by atoms with E-state index in [0.717, 1.165) is 0 Å². The van der Waals surface area contributed by atoms with Crippen molar-refractivity contribution in [3.63, 3.8) is 0 Å². The molecule has 2 heterocycles. The highest BCUT2D eigenvalue weighted by Crippen LogP contribution is 2.22. The molecule has 2 N–H and O–H groups in total. The second-order valence-corrected chi connectivity index (χ2v) is 5.74. The summed E-state index contributed by atoms with van der Waals surface area (Å²) < 4.78 is 10.8. The van der Waals surface area contributed by atoms with Crippen molar-refractivity contribution in [2.45, 2.75) is 26.9 Å². The predicted octanol–water partition coefficient (Wildman–Crippen LogP) is 0.878. The number of nitrogens with one attached hydrogen (secondary N) is 2. The average molecular weight is 341 g/mol. The lowest BCUT2D eigenvalue weighted by atomic mass is 10.1. The normalized spacial score (nSPS) is 14.6. The van der Waals surface area contributed by atoms with Gasteiger partial charge < -0.3 is 9.47 Å². The van der Waals surface area contributed by atoms with E-state index < -0.39 is 5.97 Å². The van der Waals surface area contributed by atoms with Gasteiger partial charge >= 0.3 is 5.97 Å². The van der Waals surface area contributed by atoms with Crippen LogP contribution in [0.2, 0.25) is 0 Å². The third-order valence-electron chi connectivity index (χ3n) is 3.56. The Morgan fingerprint density at radius 1 is 1.28 bits per heavy atom. The number of aromatic amines is 2. The molecule has 0 fully saturated rings. The molecule has 0 saturated carbocycles. The standard InChI is InChI=1S/C18H19N3O4/c1-4-24-18(23)15-11-7-5-6-8-13(11)19-14(15)9-12-16(22)20-21-17(12)25-10(2)3/h5-10H,4H2,1-3H3,(H2,20,21,22). The van der Waals surface area contributed by atoms with E-state index in [1.54, 1.807) is 19.1 Å². The number of nitrogens with zero attached hydrogens (tertiary/aromatic N) is 1. The predicted molar refractivity (Wildman–Crippen MR) is 92.4 cm³/mol. The first-order chi connectivity index (χ1) is 12.0. The number of carbonyl (C=O) groups excluding carboxylic acids is 1. The molecule has 1 aliphatic heterocycles. The van der Waals surface area contributed by atoms with E-state index in [9.17, 15) is 9.59 Å². The van der Waals surface area contributed by atoms with Gasteiger partial charge in [-0.15, -0.1) is 0 Å². The minimum Gasteiger partial charge on any atom is -0.475 e. The van der Waals surface area contributed by atoms with Crippen LogP contribution in [-0.4, -0.2) is 28.9 Å². The average Bonchev–Trinajstić information content (AvgIpc) is 3.09. The van der Waals surface area contributed by atoms with Crippen LogP contribution in [0.3, 0.4) is 0 Å². The first-order valence-electron chi connectivity index (χ1n) is 8.05. The van der Waals surface area contributed by atoms with Gasteiger partial charge in [0.25, 0.3) is 5.56 Å². The summed E-state index contributed by atoms with van der Waals surface area (Å²) in [5.74, 6) is -0.164. The van der Waals surface area contributed by atoms with Crippen LogP contribution in [0.25, 0.3) is 11.6 Å². The summed E-state index contributed by atoms with van der Waals surface area (Å²) in [6.07, 6.45) is 1.43. The van der Waals surface area contributed by atoms with E-state index in [2.05, 4.69) is 15.2 Å². The van der Waals surface area contributed by atoms with Crippen molar-refractivity contribution in [3.05, 3.63) is 56.5 Å². The lowest BCUT2D eigenvalue weighted by Gasteiger charge is -2.08. The van der Waals surface area contributed by atoms with Crippen molar-refractivity contribution in [2.75, 3.05) is 6.61 Å². The Morgan fingerprint density at radius 3 is 2.76 bits per heavy atom. The van der Waals surface area contributed by atoms with Crippen LogP contribution in [-0.2, 0) is 9.53 Å². The molecular formula is C18H19N3O4. The van der Waals surface area contributed by atoms with Crippen LogP contribution in [0.4, 0.5) is 0 Å². The molecule has 7 nitrogen and oxygen atoms in total. The summed E-state index contributed by atoms with van der Waals surface area (Å²) in [7, 11) is 0. The number of rotatable bonds is 5. The minimum absolute atomic E-state index is 0.116. The quantitative estimate of drug-likeness (QED) is 0.789. The van der Waals surface area contributed by atoms with Crippen molar-refractivity contribution < 1.29 is 14.3 Å². The van der Waals surface area contributed by atoms with Gasteiger partial charge in [0, 0.05) is 5.22 Å². The molecule has 130 valence electrons. The largest absolute Gasteiger partial charge is 0.475 e. The molecule has 1 aromatic carbocycles. The van der Waals surface area contributed by atoms with Crippen LogP contribution >= 0.6 is 0 Å². The number of carbonyl (C=O) groups is 1. The summed E-state index contributed by atoms with van der Waals surface area (Å²) in [6.45, 7) is 5.71. The van der Waals surface area contributed by atoms with Crippen LogP contribution in [0.15, 0.2) is 39.7 Å². The van der Waals surface area contributed by atoms with E-state index >= 15 is 0 Å². The van der Waals surface area contributed by atoms with Crippen molar-refractivity contribution in [2.24, 2.45) is 4.99 Å². The highest BCUT2D eigenvalue weighted by atomic mass is 16.5. The number of hydrogen-bond acceptors (Lipinski definition) is 5. The highest BCUT2D eigenvalue weighted by Gasteiger charge is 2.23. The molecule has 0 spiro atoms. The second kappa shape index (κ2) is 6.80. The molecule has 0 atom stereocenters. The number of benzene rings is 1. The van der Waals surface area contributed by atoms with Crippen molar-refractivity contribution >= 4 is 17.6 Å². The maximum atomic E-state index is 12.4. The van der Waals surface area contributed by atoms with E-state index in [4.69, 9.17) is 9.47 Å². The Bertz CT molecular complexity index is 1010. The van der Waals surface area contributed by atoms with Gasteiger partial charge in [-0.2, -0.15) is 0 Å². The highest BCUT2D eigenvalue weighted by molar-refractivity contribution is 6.17. The molecule has 0 unspecified atom stereocenters. The fourth-order valence-electron chi connectivity index (χ4n) is 2.58. The van der Waals surface area contributed by atoms with Gasteiger partial charge in [-0.3, -0.25) is 15.0 Å². The number of fused-ring (bicyclic) bond motifs is 1. The Kier molecular flexibility index (Phi) is 4.56. The zero-order chi connectivity index (χ0) is 18.0. The molecule has 1 aliphatic rings. The minimum atomic E-state index is -0.472. The van der Waals surface area contributed by atoms with Crippen LogP contribution in [0.5, 0.6) is 5.88 Å². The first-order valence-corrected chi connectivity index (χ1v) is 8.05. The van der Waals surface area contributed by atoms with Gasteiger partial charge in [0.2, 0.25) is 5.88 Å². The SMILES string of the molecule is CCOC(=O)C1=c2ccccc2=NC1=Cc1c(OC(C)C)[nH][nH]c1=O. The van der Waals surface area contributed by atoms with E-state index in [-0.39, 0.29) is 23.8 Å². The zero-order valence-electron chi connectivity index (χ0n) is 14.3. The van der Waals surface area contributed by atoms with Crippen molar-refractivity contribution in [3.8, 4) is 5.88 Å². The summed E-state index contributed by atoms with van der Waals surface area (Å²) in [4.78, 5) is 29.0. The Labute approximate surface area is 143 Å². The number of esters is 1. The summed E-state index contributed by atoms with van der Waals surface area (Å²) in [5.41, 5.74) is 0.645. The number of aromatic nitrogens is 2. The molecule has 0 aliphatic carbocycles.